The number of nitrogens with zero attached hydrogens (tertiary/aromatic N) is 4. The third-order valence-corrected chi connectivity index (χ3v) is 4.85. The average Bonchev–Trinajstić information content (AvgIpc) is 3.02. The second kappa shape index (κ2) is 6.31. The third kappa shape index (κ3) is 3.30. The summed E-state index contributed by atoms with van der Waals surface area (Å²) in [4.78, 5) is 8.99. The predicted molar refractivity (Wildman–Crippen MR) is 93.3 cm³/mol. The van der Waals surface area contributed by atoms with Gasteiger partial charge in [0.05, 0.1) is 17.2 Å². The Hall–Kier alpha value is -2.51. The summed E-state index contributed by atoms with van der Waals surface area (Å²) in [5.41, 5.74) is 2.76. The Morgan fingerprint density at radius 2 is 1.65 bits per heavy atom. The summed E-state index contributed by atoms with van der Waals surface area (Å²) in [6, 6.07) is 17.7. The maximum Gasteiger partial charge on any atom is 0.210 e. The van der Waals surface area contributed by atoms with E-state index in [0.717, 1.165) is 31.2 Å². The number of aromatic nitrogens is 4. The Kier molecular flexibility index (Phi) is 3.87. The van der Waals surface area contributed by atoms with Gasteiger partial charge in [-0.25, -0.2) is 4.98 Å². The average molecular weight is 337 g/mol. The molecule has 7 heteroatoms. The van der Waals surface area contributed by atoms with Crippen molar-refractivity contribution in [3.8, 4) is 0 Å². The molecule has 0 radical (unpaired) electrons. The van der Waals surface area contributed by atoms with Gasteiger partial charge in [-0.3, -0.25) is 4.98 Å². The zero-order valence-corrected chi connectivity index (χ0v) is 13.5. The molecular formula is C16H11N5S2. The maximum atomic E-state index is 4.58. The second-order valence-electron chi connectivity index (χ2n) is 4.66. The normalized spacial score (nSPS) is 10.8. The Morgan fingerprint density at radius 3 is 2.52 bits per heavy atom. The van der Waals surface area contributed by atoms with Gasteiger partial charge in [-0.1, -0.05) is 41.7 Å². The molecule has 112 valence electrons. The van der Waals surface area contributed by atoms with E-state index in [9.17, 15) is 0 Å². The summed E-state index contributed by atoms with van der Waals surface area (Å²) >= 11 is 2.95. The molecule has 5 nitrogen and oxygen atoms in total. The van der Waals surface area contributed by atoms with E-state index in [1.807, 2.05) is 54.6 Å². The van der Waals surface area contributed by atoms with Gasteiger partial charge in [0.15, 0.2) is 4.34 Å². The molecule has 4 aromatic rings. The molecule has 2 heterocycles. The van der Waals surface area contributed by atoms with Crippen molar-refractivity contribution in [2.24, 2.45) is 0 Å². The Balaban J connectivity index is 1.52. The summed E-state index contributed by atoms with van der Waals surface area (Å²) < 4.78 is 0.827. The van der Waals surface area contributed by atoms with E-state index in [1.165, 1.54) is 23.1 Å². The molecule has 0 bridgehead atoms. The first-order valence-electron chi connectivity index (χ1n) is 6.92. The van der Waals surface area contributed by atoms with E-state index in [0.29, 0.717) is 0 Å². The fraction of sp³-hybridized carbons (Fsp3) is 0. The summed E-state index contributed by atoms with van der Waals surface area (Å²) in [6.07, 6.45) is 1.76. The van der Waals surface area contributed by atoms with Crippen molar-refractivity contribution in [3.63, 3.8) is 0 Å². The van der Waals surface area contributed by atoms with Crippen molar-refractivity contribution in [3.05, 3.63) is 60.8 Å². The number of fused-ring (bicyclic) bond motifs is 1. The molecule has 2 aromatic carbocycles. The van der Waals surface area contributed by atoms with E-state index in [-0.39, 0.29) is 0 Å². The first-order chi connectivity index (χ1) is 11.4. The molecular weight excluding hydrogens is 326 g/mol. The Labute approximate surface area is 140 Å². The largest absolute Gasteiger partial charge is 0.330 e. The summed E-state index contributed by atoms with van der Waals surface area (Å²) in [5.74, 6) is 0. The molecule has 4 rings (SSSR count). The van der Waals surface area contributed by atoms with Gasteiger partial charge in [-0.15, -0.1) is 10.2 Å². The zero-order valence-electron chi connectivity index (χ0n) is 11.9. The van der Waals surface area contributed by atoms with Crippen molar-refractivity contribution in [2.45, 2.75) is 9.37 Å². The summed E-state index contributed by atoms with van der Waals surface area (Å²) in [7, 11) is 0. The van der Waals surface area contributed by atoms with Crippen molar-refractivity contribution >= 4 is 45.0 Å². The van der Waals surface area contributed by atoms with Crippen LogP contribution in [0.25, 0.3) is 11.0 Å². The number of anilines is 2. The first-order valence-corrected chi connectivity index (χ1v) is 8.55. The van der Waals surface area contributed by atoms with Crippen LogP contribution in [0, 0.1) is 0 Å². The van der Waals surface area contributed by atoms with Crippen LogP contribution >= 0.6 is 23.1 Å². The van der Waals surface area contributed by atoms with Crippen LogP contribution in [0.2, 0.25) is 0 Å². The quantitative estimate of drug-likeness (QED) is 0.596. The molecule has 0 amide bonds. The number of benzene rings is 2. The minimum absolute atomic E-state index is 0.757. The van der Waals surface area contributed by atoms with Gasteiger partial charge in [0.2, 0.25) is 5.13 Å². The van der Waals surface area contributed by atoms with Gasteiger partial charge in [0.25, 0.3) is 0 Å². The van der Waals surface area contributed by atoms with E-state index >= 15 is 0 Å². The van der Waals surface area contributed by atoms with Gasteiger partial charge in [0, 0.05) is 5.69 Å². The summed E-state index contributed by atoms with van der Waals surface area (Å²) in [6.45, 7) is 0. The Morgan fingerprint density at radius 1 is 0.870 bits per heavy atom. The highest BCUT2D eigenvalue weighted by Gasteiger charge is 2.08. The van der Waals surface area contributed by atoms with E-state index in [4.69, 9.17) is 0 Å². The first kappa shape index (κ1) is 14.1. The van der Waals surface area contributed by atoms with Gasteiger partial charge >= 0.3 is 0 Å². The lowest BCUT2D eigenvalue weighted by Gasteiger charge is -2.00. The highest BCUT2D eigenvalue weighted by Crippen LogP contribution is 2.32. The van der Waals surface area contributed by atoms with Gasteiger partial charge in [-0.2, -0.15) is 0 Å². The number of para-hydroxylation sites is 3. The standard InChI is InChI=1S/C16H11N5S2/c1-2-6-11(7-3-1)18-15-20-21-16(23-15)22-14-10-17-12-8-4-5-9-13(12)19-14/h1-10H,(H,18,20). The number of rotatable bonds is 4. The fourth-order valence-corrected chi connectivity index (χ4v) is 3.69. The molecule has 0 fully saturated rings. The van der Waals surface area contributed by atoms with Crippen LogP contribution in [0.15, 0.2) is 70.2 Å². The van der Waals surface area contributed by atoms with Crippen molar-refractivity contribution in [1.29, 1.82) is 0 Å². The third-order valence-electron chi connectivity index (χ3n) is 3.05. The van der Waals surface area contributed by atoms with Crippen LogP contribution in [0.5, 0.6) is 0 Å². The van der Waals surface area contributed by atoms with Gasteiger partial charge < -0.3 is 5.32 Å². The highest BCUT2D eigenvalue weighted by molar-refractivity contribution is 8.01. The molecule has 0 aliphatic carbocycles. The molecule has 0 saturated carbocycles. The van der Waals surface area contributed by atoms with Crippen molar-refractivity contribution in [2.75, 3.05) is 5.32 Å². The lowest BCUT2D eigenvalue weighted by molar-refractivity contribution is 1.01. The fourth-order valence-electron chi connectivity index (χ4n) is 2.03. The van der Waals surface area contributed by atoms with E-state index in [1.54, 1.807) is 6.20 Å². The second-order valence-corrected chi connectivity index (χ2v) is 6.91. The monoisotopic (exact) mass is 337 g/mol. The molecule has 2 aromatic heterocycles. The summed E-state index contributed by atoms with van der Waals surface area (Å²) in [5, 5.41) is 13.2. The Bertz CT molecular complexity index is 939. The lowest BCUT2D eigenvalue weighted by atomic mass is 10.3. The SMILES string of the molecule is c1ccc(Nc2nnc(Sc3cnc4ccccc4n3)s2)cc1. The predicted octanol–water partition coefficient (Wildman–Crippen LogP) is 4.38. The topological polar surface area (TPSA) is 63.6 Å². The molecule has 0 saturated heterocycles. The van der Waals surface area contributed by atoms with Gasteiger partial charge in [0.1, 0.15) is 5.03 Å². The van der Waals surface area contributed by atoms with Crippen LogP contribution in [0.1, 0.15) is 0 Å². The van der Waals surface area contributed by atoms with E-state index in [2.05, 4.69) is 25.5 Å². The highest BCUT2D eigenvalue weighted by atomic mass is 32.2. The minimum Gasteiger partial charge on any atom is -0.330 e. The number of hydrogen-bond acceptors (Lipinski definition) is 7. The molecule has 23 heavy (non-hydrogen) atoms. The van der Waals surface area contributed by atoms with Crippen molar-refractivity contribution < 1.29 is 0 Å². The molecule has 0 aliphatic heterocycles. The zero-order chi connectivity index (χ0) is 15.5. The molecule has 0 aliphatic rings. The van der Waals surface area contributed by atoms with Crippen LogP contribution in [-0.2, 0) is 0 Å². The molecule has 0 spiro atoms. The minimum atomic E-state index is 0.757. The van der Waals surface area contributed by atoms with Crippen LogP contribution < -0.4 is 5.32 Å². The lowest BCUT2D eigenvalue weighted by Crippen LogP contribution is -1.87. The van der Waals surface area contributed by atoms with Gasteiger partial charge in [-0.05, 0) is 36.0 Å². The smallest absolute Gasteiger partial charge is 0.210 e. The molecule has 0 atom stereocenters. The molecule has 0 unspecified atom stereocenters. The number of hydrogen-bond donors (Lipinski definition) is 1. The van der Waals surface area contributed by atoms with Crippen LogP contribution in [-0.4, -0.2) is 20.2 Å². The molecule has 1 N–H and O–H groups in total. The van der Waals surface area contributed by atoms with Crippen molar-refractivity contribution in [1.82, 2.24) is 20.2 Å². The number of nitrogens with one attached hydrogen (secondary N) is 1. The van der Waals surface area contributed by atoms with Crippen LogP contribution in [0.3, 0.4) is 0 Å². The maximum absolute atomic E-state index is 4.58. The van der Waals surface area contributed by atoms with Crippen LogP contribution in [0.4, 0.5) is 10.8 Å². The van der Waals surface area contributed by atoms with E-state index < -0.39 is 0 Å².